The summed E-state index contributed by atoms with van der Waals surface area (Å²) in [5, 5.41) is 3.40. The molecule has 0 bridgehead atoms. The van der Waals surface area contributed by atoms with Gasteiger partial charge in [0.2, 0.25) is 5.95 Å². The van der Waals surface area contributed by atoms with Crippen LogP contribution in [0, 0.1) is 0 Å². The fourth-order valence-corrected chi connectivity index (χ4v) is 2.83. The van der Waals surface area contributed by atoms with Gasteiger partial charge < -0.3 is 15.8 Å². The Morgan fingerprint density at radius 2 is 2.00 bits per heavy atom. The zero-order valence-corrected chi connectivity index (χ0v) is 13.1. The van der Waals surface area contributed by atoms with Gasteiger partial charge in [-0.2, -0.15) is 0 Å². The molecule has 0 unspecified atom stereocenters. The fraction of sp³-hybridized carbons (Fsp3) is 0.167. The summed E-state index contributed by atoms with van der Waals surface area (Å²) >= 11 is 0. The molecule has 3 heterocycles. The number of nitrogens with one attached hydrogen (secondary N) is 1. The summed E-state index contributed by atoms with van der Waals surface area (Å²) in [6.45, 7) is 1.37. The maximum Gasteiger partial charge on any atom is 0.220 e. The van der Waals surface area contributed by atoms with Crippen LogP contribution >= 0.6 is 0 Å². The van der Waals surface area contributed by atoms with Gasteiger partial charge in [-0.05, 0) is 11.6 Å². The number of hydrogen-bond donors (Lipinski definition) is 2. The van der Waals surface area contributed by atoms with Gasteiger partial charge >= 0.3 is 0 Å². The predicted octanol–water partition coefficient (Wildman–Crippen LogP) is 2.67. The molecule has 120 valence electrons. The van der Waals surface area contributed by atoms with Crippen molar-refractivity contribution in [1.29, 1.82) is 0 Å². The molecule has 0 amide bonds. The lowest BCUT2D eigenvalue weighted by molar-refractivity contribution is 0.358. The molecular formula is C18H17N5O. The van der Waals surface area contributed by atoms with Crippen LogP contribution < -0.4 is 15.8 Å². The number of nitrogens with zero attached hydrogens (tertiary/aromatic N) is 3. The summed E-state index contributed by atoms with van der Waals surface area (Å²) in [5.41, 5.74) is 9.55. The van der Waals surface area contributed by atoms with Gasteiger partial charge in [-0.15, -0.1) is 0 Å². The third-order valence-corrected chi connectivity index (χ3v) is 3.98. The molecule has 3 aromatic rings. The molecule has 1 aliphatic rings. The molecule has 6 nitrogen and oxygen atoms in total. The van der Waals surface area contributed by atoms with Crippen LogP contribution in [0.3, 0.4) is 0 Å². The average molecular weight is 319 g/mol. The van der Waals surface area contributed by atoms with Gasteiger partial charge in [0, 0.05) is 30.9 Å². The number of anilines is 2. The first-order valence-electron chi connectivity index (χ1n) is 7.82. The second kappa shape index (κ2) is 6.16. The van der Waals surface area contributed by atoms with Gasteiger partial charge in [-0.25, -0.2) is 15.0 Å². The highest BCUT2D eigenvalue weighted by molar-refractivity contribution is 5.73. The zero-order chi connectivity index (χ0) is 16.4. The molecular weight excluding hydrogens is 302 g/mol. The topological polar surface area (TPSA) is 86.0 Å². The molecule has 0 saturated heterocycles. The van der Waals surface area contributed by atoms with Crippen molar-refractivity contribution in [3.63, 3.8) is 0 Å². The monoisotopic (exact) mass is 319 g/mol. The van der Waals surface area contributed by atoms with E-state index in [1.54, 1.807) is 12.4 Å². The van der Waals surface area contributed by atoms with E-state index in [-0.39, 0.29) is 5.95 Å². The molecule has 0 atom stereocenters. The summed E-state index contributed by atoms with van der Waals surface area (Å²) in [6.07, 6.45) is 4.24. The van der Waals surface area contributed by atoms with Gasteiger partial charge in [0.1, 0.15) is 11.6 Å². The first kappa shape index (κ1) is 14.4. The van der Waals surface area contributed by atoms with Crippen molar-refractivity contribution in [2.45, 2.75) is 13.0 Å². The van der Waals surface area contributed by atoms with E-state index >= 15 is 0 Å². The van der Waals surface area contributed by atoms with E-state index in [1.807, 2.05) is 24.3 Å². The van der Waals surface area contributed by atoms with E-state index in [2.05, 4.69) is 32.4 Å². The minimum Gasteiger partial charge on any atom is -0.492 e. The summed E-state index contributed by atoms with van der Waals surface area (Å²) < 4.78 is 5.84. The third-order valence-electron chi connectivity index (χ3n) is 3.98. The molecule has 1 aliphatic heterocycles. The average Bonchev–Trinajstić information content (AvgIpc) is 3.10. The van der Waals surface area contributed by atoms with Crippen LogP contribution in [-0.2, 0) is 13.0 Å². The van der Waals surface area contributed by atoms with E-state index in [9.17, 15) is 0 Å². The Hall–Kier alpha value is -3.15. The first-order chi connectivity index (χ1) is 11.8. The Morgan fingerprint density at radius 1 is 1.12 bits per heavy atom. The molecule has 3 N–H and O–H groups in total. The van der Waals surface area contributed by atoms with E-state index in [0.717, 1.165) is 41.4 Å². The smallest absolute Gasteiger partial charge is 0.220 e. The van der Waals surface area contributed by atoms with E-state index in [0.29, 0.717) is 6.61 Å². The Labute approximate surface area is 139 Å². The number of pyridine rings is 1. The second-order valence-corrected chi connectivity index (χ2v) is 5.57. The van der Waals surface area contributed by atoms with Gasteiger partial charge in [0.15, 0.2) is 0 Å². The van der Waals surface area contributed by atoms with Crippen molar-refractivity contribution in [2.24, 2.45) is 0 Å². The minimum atomic E-state index is 0.241. The van der Waals surface area contributed by atoms with Crippen LogP contribution in [0.25, 0.3) is 11.3 Å². The number of benzene rings is 1. The Balaban J connectivity index is 1.65. The summed E-state index contributed by atoms with van der Waals surface area (Å²) in [5.74, 6) is 1.93. The summed E-state index contributed by atoms with van der Waals surface area (Å²) in [4.78, 5) is 12.8. The van der Waals surface area contributed by atoms with Crippen LogP contribution in [0.1, 0.15) is 11.1 Å². The van der Waals surface area contributed by atoms with Crippen molar-refractivity contribution in [3.05, 3.63) is 59.9 Å². The molecule has 0 saturated carbocycles. The number of aromatic nitrogens is 3. The number of rotatable bonds is 4. The molecule has 0 radical (unpaired) electrons. The van der Waals surface area contributed by atoms with Crippen molar-refractivity contribution < 1.29 is 4.74 Å². The lowest BCUT2D eigenvalue weighted by atomic mass is 10.1. The molecule has 1 aromatic carbocycles. The normalized spacial score (nSPS) is 12.5. The first-order valence-corrected chi connectivity index (χ1v) is 7.82. The third kappa shape index (κ3) is 2.74. The fourth-order valence-electron chi connectivity index (χ4n) is 2.83. The Kier molecular flexibility index (Phi) is 3.70. The number of nitrogens with two attached hydrogens (primary N) is 1. The number of fused-ring (bicyclic) bond motifs is 1. The van der Waals surface area contributed by atoms with Crippen LogP contribution in [0.4, 0.5) is 11.8 Å². The predicted molar refractivity (Wildman–Crippen MR) is 92.6 cm³/mol. The number of ether oxygens (including phenoxy) is 1. The molecule has 2 aromatic heterocycles. The van der Waals surface area contributed by atoms with Crippen LogP contribution in [0.5, 0.6) is 5.75 Å². The summed E-state index contributed by atoms with van der Waals surface area (Å²) in [6, 6.07) is 12.0. The highest BCUT2D eigenvalue weighted by Gasteiger charge is 2.23. The van der Waals surface area contributed by atoms with Crippen molar-refractivity contribution in [3.8, 4) is 17.0 Å². The SMILES string of the molecule is Nc1nccc(-c2cnc(NCc3ccccc3)c3c2OCC3)n1. The standard InChI is InChI=1S/C18H17N5O/c19-18-20-8-6-15(23-18)14-11-22-17(13-7-9-24-16(13)14)21-10-12-4-2-1-3-5-12/h1-6,8,11H,7,9-10H2,(H,21,22)(H2,19,20,23). The van der Waals surface area contributed by atoms with Crippen molar-refractivity contribution in [1.82, 2.24) is 15.0 Å². The lowest BCUT2D eigenvalue weighted by Gasteiger charge is -2.12. The molecule has 0 aliphatic carbocycles. The van der Waals surface area contributed by atoms with E-state index in [4.69, 9.17) is 10.5 Å². The van der Waals surface area contributed by atoms with Crippen molar-refractivity contribution >= 4 is 11.8 Å². The number of nitrogen functional groups attached to an aromatic ring is 1. The van der Waals surface area contributed by atoms with Gasteiger partial charge in [0.05, 0.1) is 17.9 Å². The lowest BCUT2D eigenvalue weighted by Crippen LogP contribution is -2.04. The van der Waals surface area contributed by atoms with Crippen LogP contribution in [-0.4, -0.2) is 21.6 Å². The van der Waals surface area contributed by atoms with Gasteiger partial charge in [-0.1, -0.05) is 30.3 Å². The molecule has 0 spiro atoms. The maximum absolute atomic E-state index is 5.84. The Morgan fingerprint density at radius 3 is 2.83 bits per heavy atom. The van der Waals surface area contributed by atoms with Crippen molar-refractivity contribution in [2.75, 3.05) is 17.7 Å². The van der Waals surface area contributed by atoms with E-state index in [1.165, 1.54) is 5.56 Å². The van der Waals surface area contributed by atoms with Gasteiger partial charge in [0.25, 0.3) is 0 Å². The van der Waals surface area contributed by atoms with E-state index < -0.39 is 0 Å². The highest BCUT2D eigenvalue weighted by Crippen LogP contribution is 2.39. The molecule has 24 heavy (non-hydrogen) atoms. The van der Waals surface area contributed by atoms with Gasteiger partial charge in [-0.3, -0.25) is 0 Å². The number of hydrogen-bond acceptors (Lipinski definition) is 6. The Bertz CT molecular complexity index is 867. The second-order valence-electron chi connectivity index (χ2n) is 5.57. The maximum atomic E-state index is 5.84. The van der Waals surface area contributed by atoms with Crippen LogP contribution in [0.15, 0.2) is 48.8 Å². The summed E-state index contributed by atoms with van der Waals surface area (Å²) in [7, 11) is 0. The molecule has 6 heteroatoms. The zero-order valence-electron chi connectivity index (χ0n) is 13.1. The molecule has 0 fully saturated rings. The quantitative estimate of drug-likeness (QED) is 0.769. The minimum absolute atomic E-state index is 0.241. The molecule has 4 rings (SSSR count). The van der Waals surface area contributed by atoms with Crippen LogP contribution in [0.2, 0.25) is 0 Å². The highest BCUT2D eigenvalue weighted by atomic mass is 16.5. The largest absolute Gasteiger partial charge is 0.492 e.